The molecule has 1 N–H and O–H groups in total. The van der Waals surface area contributed by atoms with Crippen LogP contribution in [-0.2, 0) is 6.42 Å². The van der Waals surface area contributed by atoms with Gasteiger partial charge in [0, 0.05) is 17.0 Å². The highest BCUT2D eigenvalue weighted by Crippen LogP contribution is 2.29. The fourth-order valence-electron chi connectivity index (χ4n) is 2.74. The molecule has 0 aliphatic rings. The molecule has 0 aliphatic carbocycles. The van der Waals surface area contributed by atoms with Crippen LogP contribution in [-0.4, -0.2) is 5.11 Å². The summed E-state index contributed by atoms with van der Waals surface area (Å²) < 4.78 is 13.8. The third-order valence-corrected chi connectivity index (χ3v) is 3.88. The van der Waals surface area contributed by atoms with Crippen LogP contribution >= 0.6 is 11.6 Å². The Morgan fingerprint density at radius 1 is 1.15 bits per heavy atom. The largest absolute Gasteiger partial charge is 0.388 e. The van der Waals surface area contributed by atoms with E-state index in [1.54, 1.807) is 12.1 Å². The number of rotatable bonds is 3. The van der Waals surface area contributed by atoms with Gasteiger partial charge in [0.25, 0.3) is 0 Å². The van der Waals surface area contributed by atoms with Gasteiger partial charge in [-0.1, -0.05) is 35.4 Å². The normalized spacial score (nSPS) is 12.5. The molecule has 0 saturated heterocycles. The summed E-state index contributed by atoms with van der Waals surface area (Å²) in [5.74, 6) is -0.376. The van der Waals surface area contributed by atoms with Gasteiger partial charge in [0.05, 0.1) is 6.10 Å². The number of aryl methyl sites for hydroxylation is 3. The van der Waals surface area contributed by atoms with Gasteiger partial charge in [0.15, 0.2) is 0 Å². The average Bonchev–Trinajstić information content (AvgIpc) is 2.32. The third-order valence-electron chi connectivity index (χ3n) is 3.53. The van der Waals surface area contributed by atoms with E-state index in [9.17, 15) is 9.50 Å². The van der Waals surface area contributed by atoms with Crippen LogP contribution in [0.4, 0.5) is 4.39 Å². The van der Waals surface area contributed by atoms with Gasteiger partial charge in [-0.25, -0.2) is 4.39 Å². The first-order chi connectivity index (χ1) is 9.40. The molecule has 0 spiro atoms. The zero-order chi connectivity index (χ0) is 14.9. The Hall–Kier alpha value is -1.38. The van der Waals surface area contributed by atoms with Gasteiger partial charge in [-0.05, 0) is 49.6 Å². The molecule has 0 saturated carbocycles. The quantitative estimate of drug-likeness (QED) is 0.871. The summed E-state index contributed by atoms with van der Waals surface area (Å²) in [5, 5.41) is 10.8. The predicted molar refractivity (Wildman–Crippen MR) is 80.7 cm³/mol. The number of aliphatic hydroxyl groups excluding tert-OH is 1. The molecular weight excluding hydrogens is 275 g/mol. The maximum atomic E-state index is 13.8. The number of hydrogen-bond donors (Lipinski definition) is 1. The van der Waals surface area contributed by atoms with Crippen molar-refractivity contribution in [2.45, 2.75) is 33.3 Å². The third kappa shape index (κ3) is 3.02. The van der Waals surface area contributed by atoms with Crippen molar-refractivity contribution in [3.05, 3.63) is 69.0 Å². The van der Waals surface area contributed by atoms with Gasteiger partial charge >= 0.3 is 0 Å². The lowest BCUT2D eigenvalue weighted by Gasteiger charge is -2.18. The van der Waals surface area contributed by atoms with Gasteiger partial charge in [0.1, 0.15) is 5.82 Å². The molecule has 2 aromatic rings. The molecule has 0 fully saturated rings. The summed E-state index contributed by atoms with van der Waals surface area (Å²) in [4.78, 5) is 0. The van der Waals surface area contributed by atoms with E-state index in [2.05, 4.69) is 0 Å². The van der Waals surface area contributed by atoms with Crippen molar-refractivity contribution < 1.29 is 9.50 Å². The van der Waals surface area contributed by atoms with Gasteiger partial charge in [-0.3, -0.25) is 0 Å². The SMILES string of the molecule is Cc1cc(C)c(C(O)Cc2c(F)cccc2Cl)c(C)c1. The van der Waals surface area contributed by atoms with E-state index in [0.29, 0.717) is 10.6 Å². The summed E-state index contributed by atoms with van der Waals surface area (Å²) >= 11 is 6.01. The van der Waals surface area contributed by atoms with E-state index in [0.717, 1.165) is 22.3 Å². The van der Waals surface area contributed by atoms with Gasteiger partial charge in [-0.2, -0.15) is 0 Å². The Morgan fingerprint density at radius 2 is 1.75 bits per heavy atom. The first-order valence-corrected chi connectivity index (χ1v) is 6.96. The molecule has 2 aromatic carbocycles. The Labute approximate surface area is 124 Å². The summed E-state index contributed by atoms with van der Waals surface area (Å²) in [7, 11) is 0. The molecule has 2 rings (SSSR count). The Balaban J connectivity index is 2.36. The van der Waals surface area contributed by atoms with E-state index in [1.165, 1.54) is 6.07 Å². The molecule has 0 aromatic heterocycles. The molecule has 0 heterocycles. The summed E-state index contributed by atoms with van der Waals surface area (Å²) in [6.45, 7) is 5.94. The number of hydrogen-bond acceptors (Lipinski definition) is 1. The highest BCUT2D eigenvalue weighted by Gasteiger charge is 2.18. The molecule has 20 heavy (non-hydrogen) atoms. The topological polar surface area (TPSA) is 20.2 Å². The van der Waals surface area contributed by atoms with Gasteiger partial charge in [0.2, 0.25) is 0 Å². The number of halogens is 2. The van der Waals surface area contributed by atoms with E-state index >= 15 is 0 Å². The fraction of sp³-hybridized carbons (Fsp3) is 0.294. The van der Waals surface area contributed by atoms with E-state index in [4.69, 9.17) is 11.6 Å². The van der Waals surface area contributed by atoms with Crippen molar-refractivity contribution in [1.29, 1.82) is 0 Å². The Morgan fingerprint density at radius 3 is 2.30 bits per heavy atom. The van der Waals surface area contributed by atoms with Crippen molar-refractivity contribution >= 4 is 11.6 Å². The van der Waals surface area contributed by atoms with Crippen molar-refractivity contribution in [2.24, 2.45) is 0 Å². The van der Waals surface area contributed by atoms with Crippen LogP contribution in [0.25, 0.3) is 0 Å². The van der Waals surface area contributed by atoms with Crippen LogP contribution in [0.5, 0.6) is 0 Å². The Kier molecular flexibility index (Phi) is 4.46. The van der Waals surface area contributed by atoms with Crippen molar-refractivity contribution in [3.8, 4) is 0 Å². The Bertz CT molecular complexity index is 594. The minimum Gasteiger partial charge on any atom is -0.388 e. The molecule has 0 amide bonds. The first kappa shape index (κ1) is 15.0. The highest BCUT2D eigenvalue weighted by atomic mass is 35.5. The maximum absolute atomic E-state index is 13.8. The second kappa shape index (κ2) is 5.94. The summed E-state index contributed by atoms with van der Waals surface area (Å²) in [5.41, 5.74) is 4.40. The maximum Gasteiger partial charge on any atom is 0.127 e. The number of aliphatic hydroxyl groups is 1. The van der Waals surface area contributed by atoms with Crippen LogP contribution in [0.3, 0.4) is 0 Å². The molecular formula is C17H18ClFO. The van der Waals surface area contributed by atoms with Crippen molar-refractivity contribution in [1.82, 2.24) is 0 Å². The summed E-state index contributed by atoms with van der Waals surface area (Å²) in [6.07, 6.45) is -0.582. The van der Waals surface area contributed by atoms with Crippen molar-refractivity contribution in [3.63, 3.8) is 0 Å². The van der Waals surface area contributed by atoms with Crippen LogP contribution in [0.1, 0.15) is 33.9 Å². The van der Waals surface area contributed by atoms with E-state index in [1.807, 2.05) is 32.9 Å². The lowest BCUT2D eigenvalue weighted by atomic mass is 9.92. The molecule has 1 atom stereocenters. The van der Waals surface area contributed by atoms with Gasteiger partial charge < -0.3 is 5.11 Å². The zero-order valence-electron chi connectivity index (χ0n) is 11.9. The van der Waals surface area contributed by atoms with E-state index in [-0.39, 0.29) is 12.2 Å². The van der Waals surface area contributed by atoms with Crippen LogP contribution in [0, 0.1) is 26.6 Å². The molecule has 0 radical (unpaired) electrons. The minimum absolute atomic E-state index is 0.177. The van der Waals surface area contributed by atoms with Crippen LogP contribution in [0.15, 0.2) is 30.3 Å². The lowest BCUT2D eigenvalue weighted by molar-refractivity contribution is 0.175. The second-order valence-corrected chi connectivity index (χ2v) is 5.64. The molecule has 3 heteroatoms. The van der Waals surface area contributed by atoms with Crippen LogP contribution in [0.2, 0.25) is 5.02 Å². The standard InChI is InChI=1S/C17H18ClFO/c1-10-7-11(2)17(12(3)8-10)16(20)9-13-14(18)5-4-6-15(13)19/h4-8,16,20H,9H2,1-3H3. The van der Waals surface area contributed by atoms with Gasteiger partial charge in [-0.15, -0.1) is 0 Å². The molecule has 1 nitrogen and oxygen atoms in total. The molecule has 0 bridgehead atoms. The molecule has 1 unspecified atom stereocenters. The molecule has 106 valence electrons. The second-order valence-electron chi connectivity index (χ2n) is 5.23. The monoisotopic (exact) mass is 292 g/mol. The lowest BCUT2D eigenvalue weighted by Crippen LogP contribution is -2.08. The smallest absolute Gasteiger partial charge is 0.127 e. The van der Waals surface area contributed by atoms with Crippen molar-refractivity contribution in [2.75, 3.05) is 0 Å². The first-order valence-electron chi connectivity index (χ1n) is 6.59. The highest BCUT2D eigenvalue weighted by molar-refractivity contribution is 6.31. The minimum atomic E-state index is -0.759. The average molecular weight is 293 g/mol. The zero-order valence-corrected chi connectivity index (χ0v) is 12.6. The van der Waals surface area contributed by atoms with Crippen LogP contribution < -0.4 is 0 Å². The summed E-state index contributed by atoms with van der Waals surface area (Å²) in [6, 6.07) is 8.61. The molecule has 0 aliphatic heterocycles. The van der Waals surface area contributed by atoms with E-state index < -0.39 is 6.10 Å². The predicted octanol–water partition coefficient (Wildman–Crippen LogP) is 4.68. The number of benzene rings is 2. The fourth-order valence-corrected chi connectivity index (χ4v) is 2.98.